The summed E-state index contributed by atoms with van der Waals surface area (Å²) < 4.78 is 1.90. The Kier molecular flexibility index (Phi) is 5.28. The second kappa shape index (κ2) is 7.62. The highest BCUT2D eigenvalue weighted by Gasteiger charge is 2.14. The number of hydrogen-bond donors (Lipinski definition) is 2. The number of nitrogens with zero attached hydrogens (tertiary/aromatic N) is 2. The number of carbonyl (C=O) groups excluding carboxylic acids is 1. The van der Waals surface area contributed by atoms with Crippen LogP contribution < -0.4 is 10.6 Å². The summed E-state index contributed by atoms with van der Waals surface area (Å²) in [4.78, 5) is 12.3. The van der Waals surface area contributed by atoms with Crippen LogP contribution in [0.4, 0.5) is 16.2 Å². The molecule has 26 heavy (non-hydrogen) atoms. The third kappa shape index (κ3) is 4.24. The van der Waals surface area contributed by atoms with Gasteiger partial charge in [0.2, 0.25) is 0 Å². The molecule has 0 aliphatic rings. The lowest BCUT2D eigenvalue weighted by Crippen LogP contribution is -2.20. The van der Waals surface area contributed by atoms with E-state index >= 15 is 0 Å². The van der Waals surface area contributed by atoms with Crippen molar-refractivity contribution in [1.82, 2.24) is 9.78 Å². The molecule has 0 aliphatic heterocycles. The van der Waals surface area contributed by atoms with E-state index in [1.165, 1.54) is 5.56 Å². The van der Waals surface area contributed by atoms with Crippen LogP contribution in [0.25, 0.3) is 0 Å². The highest BCUT2D eigenvalue weighted by molar-refractivity contribution is 6.30. The Labute approximate surface area is 158 Å². The fourth-order valence-electron chi connectivity index (χ4n) is 2.74. The Morgan fingerprint density at radius 2 is 1.81 bits per heavy atom. The second-order valence-electron chi connectivity index (χ2n) is 6.28. The number of urea groups is 1. The predicted molar refractivity (Wildman–Crippen MR) is 106 cm³/mol. The summed E-state index contributed by atoms with van der Waals surface area (Å²) in [5.74, 6) is 0. The van der Waals surface area contributed by atoms with Crippen LogP contribution in [-0.2, 0) is 6.54 Å². The van der Waals surface area contributed by atoms with Gasteiger partial charge in [-0.15, -0.1) is 0 Å². The third-order valence-corrected chi connectivity index (χ3v) is 4.39. The molecule has 6 heteroatoms. The molecule has 0 spiro atoms. The topological polar surface area (TPSA) is 59.0 Å². The molecule has 134 valence electrons. The molecule has 0 saturated carbocycles. The van der Waals surface area contributed by atoms with E-state index in [2.05, 4.69) is 46.9 Å². The summed E-state index contributed by atoms with van der Waals surface area (Å²) in [6.07, 6.45) is 0. The van der Waals surface area contributed by atoms with Crippen LogP contribution in [0.2, 0.25) is 5.02 Å². The number of benzene rings is 2. The van der Waals surface area contributed by atoms with Gasteiger partial charge in [0.1, 0.15) is 0 Å². The molecule has 1 heterocycles. The predicted octanol–water partition coefficient (Wildman–Crippen LogP) is 5.15. The number of amides is 2. The highest BCUT2D eigenvalue weighted by atomic mass is 35.5. The number of anilines is 2. The molecule has 0 fully saturated rings. The Morgan fingerprint density at radius 3 is 2.50 bits per heavy atom. The molecule has 0 saturated heterocycles. The zero-order valence-corrected chi connectivity index (χ0v) is 15.8. The van der Waals surface area contributed by atoms with Crippen molar-refractivity contribution in [2.45, 2.75) is 27.3 Å². The molecule has 0 aliphatic carbocycles. The van der Waals surface area contributed by atoms with Gasteiger partial charge in [0.15, 0.2) is 0 Å². The summed E-state index contributed by atoms with van der Waals surface area (Å²) in [5, 5.41) is 10.8. The van der Waals surface area contributed by atoms with Crippen molar-refractivity contribution in [2.24, 2.45) is 0 Å². The number of halogens is 1. The summed E-state index contributed by atoms with van der Waals surface area (Å²) in [6.45, 7) is 6.55. The van der Waals surface area contributed by atoms with Crippen LogP contribution in [0.3, 0.4) is 0 Å². The third-order valence-electron chi connectivity index (χ3n) is 4.16. The summed E-state index contributed by atoms with van der Waals surface area (Å²) in [5.41, 5.74) is 5.42. The maximum atomic E-state index is 12.3. The molecule has 2 amide bonds. The number of aryl methyl sites for hydroxylation is 2. The van der Waals surface area contributed by atoms with E-state index in [0.29, 0.717) is 17.3 Å². The van der Waals surface area contributed by atoms with Crippen molar-refractivity contribution in [2.75, 3.05) is 10.6 Å². The van der Waals surface area contributed by atoms with E-state index in [0.717, 1.165) is 22.6 Å². The Hall–Kier alpha value is -2.79. The van der Waals surface area contributed by atoms with E-state index in [-0.39, 0.29) is 6.03 Å². The smallest absolute Gasteiger partial charge is 0.308 e. The Balaban J connectivity index is 1.73. The lowest BCUT2D eigenvalue weighted by molar-refractivity contribution is 0.262. The molecular formula is C20H21ClN4O. The lowest BCUT2D eigenvalue weighted by atomic mass is 10.1. The standard InChI is InChI=1S/C20H21ClN4O/c1-13-7-9-16(10-8-13)12-25-15(3)19(14(2)24-25)23-20(26)22-18-6-4-5-17(21)11-18/h4-11H,12H2,1-3H3,(H2,22,23,26). The van der Waals surface area contributed by atoms with Crippen molar-refractivity contribution in [3.63, 3.8) is 0 Å². The van der Waals surface area contributed by atoms with Crippen LogP contribution in [0, 0.1) is 20.8 Å². The molecule has 3 rings (SSSR count). The maximum Gasteiger partial charge on any atom is 0.323 e. The quantitative estimate of drug-likeness (QED) is 0.668. The van der Waals surface area contributed by atoms with Gasteiger partial charge in [-0.2, -0.15) is 5.10 Å². The Bertz CT molecular complexity index is 931. The van der Waals surface area contributed by atoms with Gasteiger partial charge in [-0.1, -0.05) is 47.5 Å². The maximum absolute atomic E-state index is 12.3. The molecular weight excluding hydrogens is 348 g/mol. The van der Waals surface area contributed by atoms with Gasteiger partial charge in [-0.25, -0.2) is 4.79 Å². The van der Waals surface area contributed by atoms with E-state index in [1.54, 1.807) is 24.3 Å². The molecule has 2 N–H and O–H groups in total. The summed E-state index contributed by atoms with van der Waals surface area (Å²) in [7, 11) is 0. The minimum absolute atomic E-state index is 0.326. The minimum atomic E-state index is -0.326. The van der Waals surface area contributed by atoms with Crippen molar-refractivity contribution >= 4 is 29.0 Å². The lowest BCUT2D eigenvalue weighted by Gasteiger charge is -2.09. The van der Waals surface area contributed by atoms with Gasteiger partial charge in [0, 0.05) is 10.7 Å². The first kappa shape index (κ1) is 18.0. The zero-order chi connectivity index (χ0) is 18.7. The average molecular weight is 369 g/mol. The number of aromatic nitrogens is 2. The van der Waals surface area contributed by atoms with Crippen LogP contribution in [0.5, 0.6) is 0 Å². The molecule has 5 nitrogen and oxygen atoms in total. The fourth-order valence-corrected chi connectivity index (χ4v) is 2.93. The van der Waals surface area contributed by atoms with Gasteiger partial charge < -0.3 is 10.6 Å². The monoisotopic (exact) mass is 368 g/mol. The fraction of sp³-hybridized carbons (Fsp3) is 0.200. The van der Waals surface area contributed by atoms with Crippen LogP contribution in [0.15, 0.2) is 48.5 Å². The van der Waals surface area contributed by atoms with Crippen molar-refractivity contribution in [3.8, 4) is 0 Å². The van der Waals surface area contributed by atoms with E-state index in [9.17, 15) is 4.79 Å². The SMILES string of the molecule is Cc1ccc(Cn2nc(C)c(NC(=O)Nc3cccc(Cl)c3)c2C)cc1. The van der Waals surface area contributed by atoms with E-state index in [4.69, 9.17) is 11.6 Å². The first-order valence-electron chi connectivity index (χ1n) is 8.35. The van der Waals surface area contributed by atoms with Gasteiger partial charge in [0.05, 0.1) is 23.6 Å². The normalized spacial score (nSPS) is 10.6. The zero-order valence-electron chi connectivity index (χ0n) is 15.0. The molecule has 0 bridgehead atoms. The molecule has 3 aromatic rings. The van der Waals surface area contributed by atoms with Crippen LogP contribution >= 0.6 is 11.6 Å². The summed E-state index contributed by atoms with van der Waals surface area (Å²) >= 11 is 5.94. The number of hydrogen-bond acceptors (Lipinski definition) is 2. The van der Waals surface area contributed by atoms with Crippen molar-refractivity contribution in [3.05, 3.63) is 76.1 Å². The van der Waals surface area contributed by atoms with Crippen LogP contribution in [0.1, 0.15) is 22.5 Å². The van der Waals surface area contributed by atoms with Gasteiger partial charge in [0.25, 0.3) is 0 Å². The minimum Gasteiger partial charge on any atom is -0.308 e. The van der Waals surface area contributed by atoms with Crippen LogP contribution in [-0.4, -0.2) is 15.8 Å². The van der Waals surface area contributed by atoms with Gasteiger partial charge in [-0.3, -0.25) is 4.68 Å². The van der Waals surface area contributed by atoms with E-state index in [1.807, 2.05) is 18.5 Å². The number of rotatable bonds is 4. The Morgan fingerprint density at radius 1 is 1.08 bits per heavy atom. The average Bonchev–Trinajstić information content (AvgIpc) is 2.84. The first-order chi connectivity index (χ1) is 12.4. The summed E-state index contributed by atoms with van der Waals surface area (Å²) in [6, 6.07) is 15.0. The van der Waals surface area contributed by atoms with Gasteiger partial charge in [-0.05, 0) is 44.5 Å². The largest absolute Gasteiger partial charge is 0.323 e. The highest BCUT2D eigenvalue weighted by Crippen LogP contribution is 2.21. The molecule has 2 aromatic carbocycles. The molecule has 0 radical (unpaired) electrons. The van der Waals surface area contributed by atoms with Crippen molar-refractivity contribution < 1.29 is 4.79 Å². The molecule has 1 aromatic heterocycles. The van der Waals surface area contributed by atoms with Crippen molar-refractivity contribution in [1.29, 1.82) is 0 Å². The number of carbonyl (C=O) groups is 1. The molecule has 0 unspecified atom stereocenters. The second-order valence-corrected chi connectivity index (χ2v) is 6.71. The van der Waals surface area contributed by atoms with Gasteiger partial charge >= 0.3 is 6.03 Å². The molecule has 0 atom stereocenters. The number of nitrogens with one attached hydrogen (secondary N) is 2. The van der Waals surface area contributed by atoms with E-state index < -0.39 is 0 Å². The first-order valence-corrected chi connectivity index (χ1v) is 8.73.